The van der Waals surface area contributed by atoms with Crippen LogP contribution in [0.15, 0.2) is 23.1 Å². The van der Waals surface area contributed by atoms with Crippen molar-refractivity contribution in [2.24, 2.45) is 0 Å². The molecule has 1 saturated heterocycles. The molecule has 9 heteroatoms. The van der Waals surface area contributed by atoms with E-state index < -0.39 is 10.0 Å². The number of amides is 1. The first-order chi connectivity index (χ1) is 13.6. The van der Waals surface area contributed by atoms with Crippen molar-refractivity contribution >= 4 is 15.9 Å². The summed E-state index contributed by atoms with van der Waals surface area (Å²) in [7, 11) is -3.55. The smallest absolute Gasteiger partial charge is 0.243 e. The van der Waals surface area contributed by atoms with E-state index in [1.807, 2.05) is 40.7 Å². The van der Waals surface area contributed by atoms with Crippen LogP contribution in [0, 0.1) is 27.7 Å². The highest BCUT2D eigenvalue weighted by atomic mass is 32.2. The fourth-order valence-corrected chi connectivity index (χ4v) is 5.13. The molecule has 1 fully saturated rings. The number of benzene rings is 1. The van der Waals surface area contributed by atoms with Crippen LogP contribution in [0.3, 0.4) is 0 Å². The number of hydrogen-bond acceptors (Lipinski definition) is 5. The molecule has 1 amide bonds. The normalized spacial score (nSPS) is 16.8. The lowest BCUT2D eigenvalue weighted by Crippen LogP contribution is -2.50. The zero-order chi connectivity index (χ0) is 21.3. The fraction of sp³-hybridized carbons (Fsp3) is 0.550. The van der Waals surface area contributed by atoms with Crippen molar-refractivity contribution in [2.45, 2.75) is 52.0 Å². The molecule has 2 aromatic rings. The van der Waals surface area contributed by atoms with Gasteiger partial charge in [-0.25, -0.2) is 18.1 Å². The number of rotatable bonds is 5. The van der Waals surface area contributed by atoms with Crippen LogP contribution in [0.5, 0.6) is 0 Å². The van der Waals surface area contributed by atoms with Crippen molar-refractivity contribution in [1.82, 2.24) is 24.0 Å². The first-order valence-corrected chi connectivity index (χ1v) is 11.3. The lowest BCUT2D eigenvalue weighted by atomic mass is 10.1. The van der Waals surface area contributed by atoms with Gasteiger partial charge in [-0.1, -0.05) is 6.07 Å². The Kier molecular flexibility index (Phi) is 6.09. The first kappa shape index (κ1) is 21.4. The minimum absolute atomic E-state index is 0.00767. The fourth-order valence-electron chi connectivity index (χ4n) is 3.62. The summed E-state index contributed by atoms with van der Waals surface area (Å²) < 4.78 is 29.1. The Hall–Kier alpha value is -2.26. The summed E-state index contributed by atoms with van der Waals surface area (Å²) in [6.07, 6.45) is 0.313. The second-order valence-corrected chi connectivity index (χ2v) is 9.67. The third-order valence-corrected chi connectivity index (χ3v) is 7.40. The van der Waals surface area contributed by atoms with Gasteiger partial charge in [0.05, 0.1) is 10.9 Å². The lowest BCUT2D eigenvalue weighted by Gasteiger charge is -2.34. The Morgan fingerprint density at radius 2 is 1.72 bits per heavy atom. The number of piperazine rings is 1. The van der Waals surface area contributed by atoms with Crippen molar-refractivity contribution in [3.8, 4) is 0 Å². The molecule has 3 rings (SSSR count). The van der Waals surface area contributed by atoms with Crippen molar-refractivity contribution < 1.29 is 13.2 Å². The minimum Gasteiger partial charge on any atom is -0.340 e. The first-order valence-electron chi connectivity index (χ1n) is 9.84. The maximum Gasteiger partial charge on any atom is 0.243 e. The Labute approximate surface area is 172 Å². The second-order valence-electron chi connectivity index (χ2n) is 7.73. The number of carbonyl (C=O) groups excluding carboxylic acids is 1. The number of hydrogen-bond donors (Lipinski definition) is 0. The molecule has 1 aliphatic rings. The van der Waals surface area contributed by atoms with E-state index in [1.54, 1.807) is 21.7 Å². The molecule has 0 N–H and O–H groups in total. The number of carbonyl (C=O) groups is 1. The highest BCUT2D eigenvalue weighted by Gasteiger charge is 2.31. The number of nitrogens with zero attached hydrogens (tertiary/aromatic N) is 5. The highest BCUT2D eigenvalue weighted by Crippen LogP contribution is 2.21. The molecular formula is C20H29N5O3S. The third kappa shape index (κ3) is 4.51. The van der Waals surface area contributed by atoms with Crippen LogP contribution in [0.4, 0.5) is 0 Å². The Morgan fingerprint density at radius 1 is 1.07 bits per heavy atom. The van der Waals surface area contributed by atoms with Crippen molar-refractivity contribution in [3.05, 3.63) is 41.0 Å². The molecule has 2 heterocycles. The zero-order valence-electron chi connectivity index (χ0n) is 17.7. The van der Waals surface area contributed by atoms with E-state index in [2.05, 4.69) is 10.1 Å². The van der Waals surface area contributed by atoms with E-state index in [9.17, 15) is 13.2 Å². The molecule has 1 atom stereocenters. The van der Waals surface area contributed by atoms with E-state index in [4.69, 9.17) is 0 Å². The van der Waals surface area contributed by atoms with Gasteiger partial charge >= 0.3 is 0 Å². The van der Waals surface area contributed by atoms with Gasteiger partial charge in [-0.2, -0.15) is 9.40 Å². The van der Waals surface area contributed by atoms with Gasteiger partial charge in [0.25, 0.3) is 0 Å². The largest absolute Gasteiger partial charge is 0.340 e. The van der Waals surface area contributed by atoms with Gasteiger partial charge in [-0.3, -0.25) is 4.79 Å². The predicted molar refractivity (Wildman–Crippen MR) is 110 cm³/mol. The maximum absolute atomic E-state index is 12.9. The number of sulfonamides is 1. The van der Waals surface area contributed by atoms with Gasteiger partial charge in [-0.15, -0.1) is 0 Å². The van der Waals surface area contributed by atoms with Crippen molar-refractivity contribution in [3.63, 3.8) is 0 Å². The minimum atomic E-state index is -3.55. The van der Waals surface area contributed by atoms with Gasteiger partial charge < -0.3 is 4.90 Å². The van der Waals surface area contributed by atoms with Crippen LogP contribution in [-0.2, 0) is 14.8 Å². The summed E-state index contributed by atoms with van der Waals surface area (Å²) in [5, 5.41) is 4.35. The standard InChI is InChI=1S/C20H29N5O3S/c1-14-6-7-19(12-15(14)2)29(27,28)24-10-8-23(9-11-24)20(26)13-16(3)25-18(5)21-17(4)22-25/h6-7,12,16H,8-11,13H2,1-5H3/t16-/m1/s1. The summed E-state index contributed by atoms with van der Waals surface area (Å²) >= 11 is 0. The monoisotopic (exact) mass is 419 g/mol. The molecule has 158 valence electrons. The van der Waals surface area contributed by atoms with E-state index in [0.29, 0.717) is 43.3 Å². The van der Waals surface area contributed by atoms with Crippen LogP contribution >= 0.6 is 0 Å². The number of aryl methyl sites for hydroxylation is 4. The van der Waals surface area contributed by atoms with Crippen LogP contribution in [0.25, 0.3) is 0 Å². The van der Waals surface area contributed by atoms with Crippen LogP contribution in [0.1, 0.15) is 42.2 Å². The van der Waals surface area contributed by atoms with Gasteiger partial charge in [0.1, 0.15) is 11.6 Å². The summed E-state index contributed by atoms with van der Waals surface area (Å²) in [5.41, 5.74) is 2.01. The van der Waals surface area contributed by atoms with Gasteiger partial charge in [0.15, 0.2) is 0 Å². The van der Waals surface area contributed by atoms with E-state index >= 15 is 0 Å². The highest BCUT2D eigenvalue weighted by molar-refractivity contribution is 7.89. The van der Waals surface area contributed by atoms with Gasteiger partial charge in [0, 0.05) is 32.6 Å². The molecule has 0 unspecified atom stereocenters. The SMILES string of the molecule is Cc1nc(C)n([C@H](C)CC(=O)N2CCN(S(=O)(=O)c3ccc(C)c(C)c3)CC2)n1. The second kappa shape index (κ2) is 8.23. The summed E-state index contributed by atoms with van der Waals surface area (Å²) in [4.78, 5) is 19.0. The van der Waals surface area contributed by atoms with E-state index in [-0.39, 0.29) is 11.9 Å². The molecule has 0 radical (unpaired) electrons. The molecule has 1 aromatic heterocycles. The van der Waals surface area contributed by atoms with Gasteiger partial charge in [0.2, 0.25) is 15.9 Å². The molecule has 0 aliphatic carbocycles. The average molecular weight is 420 g/mol. The molecule has 1 aliphatic heterocycles. The Morgan fingerprint density at radius 3 is 2.28 bits per heavy atom. The molecule has 29 heavy (non-hydrogen) atoms. The van der Waals surface area contributed by atoms with Gasteiger partial charge in [-0.05, 0) is 57.9 Å². The van der Waals surface area contributed by atoms with Crippen molar-refractivity contribution in [1.29, 1.82) is 0 Å². The van der Waals surface area contributed by atoms with Crippen LogP contribution in [-0.4, -0.2) is 64.5 Å². The van der Waals surface area contributed by atoms with E-state index in [0.717, 1.165) is 17.0 Å². The topological polar surface area (TPSA) is 88.4 Å². The quantitative estimate of drug-likeness (QED) is 0.740. The lowest BCUT2D eigenvalue weighted by molar-refractivity contribution is -0.133. The van der Waals surface area contributed by atoms with Crippen LogP contribution < -0.4 is 0 Å². The molecule has 8 nitrogen and oxygen atoms in total. The van der Waals surface area contributed by atoms with E-state index in [1.165, 1.54) is 4.31 Å². The predicted octanol–water partition coefficient (Wildman–Crippen LogP) is 2.00. The molecular weight excluding hydrogens is 390 g/mol. The molecule has 1 aromatic carbocycles. The van der Waals surface area contributed by atoms with Crippen LogP contribution in [0.2, 0.25) is 0 Å². The summed E-state index contributed by atoms with van der Waals surface area (Å²) in [6, 6.07) is 5.10. The maximum atomic E-state index is 12.9. The Balaban J connectivity index is 1.61. The average Bonchev–Trinajstić information content (AvgIpc) is 3.02. The number of aromatic nitrogens is 3. The van der Waals surface area contributed by atoms with Crippen molar-refractivity contribution in [2.75, 3.05) is 26.2 Å². The molecule has 0 spiro atoms. The Bertz CT molecular complexity index is 1010. The zero-order valence-corrected chi connectivity index (χ0v) is 18.5. The molecule has 0 saturated carbocycles. The summed E-state index contributed by atoms with van der Waals surface area (Å²) in [5.74, 6) is 1.48. The summed E-state index contributed by atoms with van der Waals surface area (Å²) in [6.45, 7) is 10.9. The third-order valence-electron chi connectivity index (χ3n) is 5.50. The molecule has 0 bridgehead atoms.